The molecule has 1 aromatic carbocycles. The SMILES string of the molecule is O=C(O)c1cc(NC2CCCC2CO)ccc1[N+](=O)[O-]. The van der Waals surface area contributed by atoms with Gasteiger partial charge in [-0.25, -0.2) is 4.79 Å². The monoisotopic (exact) mass is 280 g/mol. The van der Waals surface area contributed by atoms with Crippen molar-refractivity contribution in [2.75, 3.05) is 11.9 Å². The second-order valence-electron chi connectivity index (χ2n) is 4.92. The van der Waals surface area contributed by atoms with Crippen LogP contribution in [0.1, 0.15) is 29.6 Å². The molecule has 1 fully saturated rings. The third-order valence-electron chi connectivity index (χ3n) is 3.67. The van der Waals surface area contributed by atoms with Crippen LogP contribution < -0.4 is 5.32 Å². The fourth-order valence-electron chi connectivity index (χ4n) is 2.62. The predicted octanol–water partition coefficient (Wildman–Crippen LogP) is 1.87. The molecule has 0 spiro atoms. The molecule has 0 heterocycles. The summed E-state index contributed by atoms with van der Waals surface area (Å²) >= 11 is 0. The number of carboxylic acid groups (broad SMARTS) is 1. The average Bonchev–Trinajstić information content (AvgIpc) is 2.85. The van der Waals surface area contributed by atoms with E-state index < -0.39 is 16.6 Å². The van der Waals surface area contributed by atoms with Crippen molar-refractivity contribution in [3.8, 4) is 0 Å². The maximum Gasteiger partial charge on any atom is 0.342 e. The van der Waals surface area contributed by atoms with Gasteiger partial charge >= 0.3 is 5.97 Å². The highest BCUT2D eigenvalue weighted by Crippen LogP contribution is 2.30. The summed E-state index contributed by atoms with van der Waals surface area (Å²) < 4.78 is 0. The van der Waals surface area contributed by atoms with Gasteiger partial charge in [0.05, 0.1) is 4.92 Å². The quantitative estimate of drug-likeness (QED) is 0.560. The topological polar surface area (TPSA) is 113 Å². The summed E-state index contributed by atoms with van der Waals surface area (Å²) in [5, 5.41) is 32.2. The molecule has 0 saturated heterocycles. The minimum Gasteiger partial charge on any atom is -0.477 e. The molecule has 1 saturated carbocycles. The first kappa shape index (κ1) is 14.3. The number of rotatable bonds is 5. The van der Waals surface area contributed by atoms with Gasteiger partial charge in [-0.1, -0.05) is 6.42 Å². The number of aromatic carboxylic acids is 1. The van der Waals surface area contributed by atoms with Gasteiger partial charge in [-0.2, -0.15) is 0 Å². The van der Waals surface area contributed by atoms with Crippen LogP contribution in [0.3, 0.4) is 0 Å². The van der Waals surface area contributed by atoms with Crippen molar-refractivity contribution in [1.29, 1.82) is 0 Å². The number of aliphatic hydroxyl groups is 1. The molecule has 2 rings (SSSR count). The second kappa shape index (κ2) is 5.87. The third-order valence-corrected chi connectivity index (χ3v) is 3.67. The number of anilines is 1. The summed E-state index contributed by atoms with van der Waals surface area (Å²) in [4.78, 5) is 21.1. The average molecular weight is 280 g/mol. The molecule has 3 N–H and O–H groups in total. The standard InChI is InChI=1S/C13H16N2O5/c16-7-8-2-1-3-11(8)14-9-4-5-12(15(19)20)10(6-9)13(17)18/h4-6,8,11,14,16H,1-3,7H2,(H,17,18). The van der Waals surface area contributed by atoms with Crippen molar-refractivity contribution in [1.82, 2.24) is 0 Å². The molecule has 7 nitrogen and oxygen atoms in total. The van der Waals surface area contributed by atoms with Gasteiger partial charge in [-0.15, -0.1) is 0 Å². The Morgan fingerprint density at radius 2 is 2.20 bits per heavy atom. The summed E-state index contributed by atoms with van der Waals surface area (Å²) in [6.07, 6.45) is 2.82. The Balaban J connectivity index is 2.23. The zero-order valence-electron chi connectivity index (χ0n) is 10.8. The van der Waals surface area contributed by atoms with Gasteiger partial charge in [0.15, 0.2) is 0 Å². The number of benzene rings is 1. The van der Waals surface area contributed by atoms with Gasteiger partial charge in [0.25, 0.3) is 5.69 Å². The van der Waals surface area contributed by atoms with Gasteiger partial charge < -0.3 is 15.5 Å². The maximum atomic E-state index is 11.1. The summed E-state index contributed by atoms with van der Waals surface area (Å²) in [7, 11) is 0. The number of nitrogens with one attached hydrogen (secondary N) is 1. The Labute approximate surface area is 115 Å². The first-order chi connectivity index (χ1) is 9.52. The largest absolute Gasteiger partial charge is 0.477 e. The number of aliphatic hydroxyl groups excluding tert-OH is 1. The van der Waals surface area contributed by atoms with E-state index in [1.54, 1.807) is 0 Å². The fraction of sp³-hybridized carbons (Fsp3) is 0.462. The lowest BCUT2D eigenvalue weighted by molar-refractivity contribution is -0.385. The Hall–Kier alpha value is -2.15. The molecule has 1 aliphatic rings. The molecule has 0 amide bonds. The van der Waals surface area contributed by atoms with E-state index >= 15 is 0 Å². The molecule has 20 heavy (non-hydrogen) atoms. The number of nitro groups is 1. The van der Waals surface area contributed by atoms with Gasteiger partial charge in [0.2, 0.25) is 0 Å². The van der Waals surface area contributed by atoms with E-state index in [4.69, 9.17) is 5.11 Å². The minimum absolute atomic E-state index is 0.0723. The van der Waals surface area contributed by atoms with Crippen LogP contribution in [-0.2, 0) is 0 Å². The predicted molar refractivity (Wildman–Crippen MR) is 71.9 cm³/mol. The Morgan fingerprint density at radius 3 is 2.80 bits per heavy atom. The Bertz CT molecular complexity index is 531. The highest BCUT2D eigenvalue weighted by Gasteiger charge is 2.27. The van der Waals surface area contributed by atoms with E-state index in [1.165, 1.54) is 18.2 Å². The zero-order chi connectivity index (χ0) is 14.7. The molecule has 1 aromatic rings. The van der Waals surface area contributed by atoms with Crippen LogP contribution in [0.4, 0.5) is 11.4 Å². The molecule has 0 aliphatic heterocycles. The molecule has 2 atom stereocenters. The van der Waals surface area contributed by atoms with Crippen molar-refractivity contribution in [2.24, 2.45) is 5.92 Å². The highest BCUT2D eigenvalue weighted by molar-refractivity contribution is 5.93. The Morgan fingerprint density at radius 1 is 1.45 bits per heavy atom. The maximum absolute atomic E-state index is 11.1. The van der Waals surface area contributed by atoms with Crippen LogP contribution in [-0.4, -0.2) is 33.8 Å². The van der Waals surface area contributed by atoms with Crippen molar-refractivity contribution >= 4 is 17.3 Å². The van der Waals surface area contributed by atoms with E-state index in [0.717, 1.165) is 19.3 Å². The zero-order valence-corrected chi connectivity index (χ0v) is 10.8. The molecule has 7 heteroatoms. The van der Waals surface area contributed by atoms with Crippen LogP contribution >= 0.6 is 0 Å². The smallest absolute Gasteiger partial charge is 0.342 e. The molecule has 1 aliphatic carbocycles. The summed E-state index contributed by atoms with van der Waals surface area (Å²) in [6, 6.07) is 4.03. The van der Waals surface area contributed by atoms with E-state index in [9.17, 15) is 20.0 Å². The van der Waals surface area contributed by atoms with Crippen molar-refractivity contribution in [2.45, 2.75) is 25.3 Å². The van der Waals surface area contributed by atoms with Crippen molar-refractivity contribution in [3.63, 3.8) is 0 Å². The van der Waals surface area contributed by atoms with Crippen LogP contribution in [0.2, 0.25) is 0 Å². The fourth-order valence-corrected chi connectivity index (χ4v) is 2.62. The highest BCUT2D eigenvalue weighted by atomic mass is 16.6. The van der Waals surface area contributed by atoms with Crippen molar-refractivity contribution in [3.05, 3.63) is 33.9 Å². The first-order valence-electron chi connectivity index (χ1n) is 6.42. The number of nitrogens with zero attached hydrogens (tertiary/aromatic N) is 1. The molecule has 0 aromatic heterocycles. The lowest BCUT2D eigenvalue weighted by atomic mass is 10.0. The molecule has 108 valence electrons. The minimum atomic E-state index is -1.33. The number of carbonyl (C=O) groups is 1. The second-order valence-corrected chi connectivity index (χ2v) is 4.92. The van der Waals surface area contributed by atoms with Gasteiger partial charge in [0, 0.05) is 30.3 Å². The third kappa shape index (κ3) is 2.88. The van der Waals surface area contributed by atoms with Gasteiger partial charge in [0.1, 0.15) is 5.56 Å². The Kier molecular flexibility index (Phi) is 4.19. The molecule has 2 unspecified atom stereocenters. The molecular formula is C13H16N2O5. The molecule has 0 bridgehead atoms. The van der Waals surface area contributed by atoms with Gasteiger partial charge in [-0.3, -0.25) is 10.1 Å². The number of carboxylic acids is 1. The normalized spacial score (nSPS) is 21.6. The van der Waals surface area contributed by atoms with Crippen molar-refractivity contribution < 1.29 is 19.9 Å². The van der Waals surface area contributed by atoms with E-state index in [2.05, 4.69) is 5.32 Å². The summed E-state index contributed by atoms with van der Waals surface area (Å²) in [5.74, 6) is -1.19. The van der Waals surface area contributed by atoms with E-state index in [-0.39, 0.29) is 24.1 Å². The van der Waals surface area contributed by atoms with Crippen LogP contribution in [0.15, 0.2) is 18.2 Å². The lowest BCUT2D eigenvalue weighted by Gasteiger charge is -2.20. The molecular weight excluding hydrogens is 264 g/mol. The summed E-state index contributed by atoms with van der Waals surface area (Å²) in [6.45, 7) is 0.0798. The summed E-state index contributed by atoms with van der Waals surface area (Å²) in [5.41, 5.74) is -0.231. The number of nitro benzene ring substituents is 1. The van der Waals surface area contributed by atoms with Gasteiger partial charge in [-0.05, 0) is 25.0 Å². The lowest BCUT2D eigenvalue weighted by Crippen LogP contribution is -2.26. The first-order valence-corrected chi connectivity index (χ1v) is 6.42. The van der Waals surface area contributed by atoms with E-state index in [0.29, 0.717) is 5.69 Å². The van der Waals surface area contributed by atoms with Crippen LogP contribution in [0, 0.1) is 16.0 Å². The number of hydrogen-bond acceptors (Lipinski definition) is 5. The van der Waals surface area contributed by atoms with E-state index in [1.807, 2.05) is 0 Å². The number of hydrogen-bond donors (Lipinski definition) is 3. The van der Waals surface area contributed by atoms with Crippen LogP contribution in [0.5, 0.6) is 0 Å². The van der Waals surface area contributed by atoms with Crippen LogP contribution in [0.25, 0.3) is 0 Å². The molecule has 0 radical (unpaired) electrons.